The molecule has 1 heterocycles. The van der Waals surface area contributed by atoms with Gasteiger partial charge in [-0.25, -0.2) is 4.79 Å². The van der Waals surface area contributed by atoms with Gasteiger partial charge in [-0.1, -0.05) is 0 Å². The van der Waals surface area contributed by atoms with Crippen molar-refractivity contribution in [2.75, 3.05) is 11.9 Å². The summed E-state index contributed by atoms with van der Waals surface area (Å²) in [6.45, 7) is 4.03. The lowest BCUT2D eigenvalue weighted by molar-refractivity contribution is 0.184. The highest BCUT2D eigenvalue weighted by Crippen LogP contribution is 2.05. The molecule has 6 nitrogen and oxygen atoms in total. The normalized spacial score (nSPS) is 12.2. The van der Waals surface area contributed by atoms with Crippen LogP contribution in [0.5, 0.6) is 0 Å². The molecule has 1 aromatic rings. The largest absolute Gasteiger partial charge is 0.393 e. The molecule has 0 aliphatic carbocycles. The van der Waals surface area contributed by atoms with E-state index in [2.05, 4.69) is 15.7 Å². The van der Waals surface area contributed by atoms with E-state index in [-0.39, 0.29) is 6.03 Å². The number of hydrogen-bond acceptors (Lipinski definition) is 3. The number of aromatic nitrogens is 2. The van der Waals surface area contributed by atoms with Crippen LogP contribution >= 0.6 is 0 Å². The number of aliphatic hydroxyl groups is 1. The first-order chi connectivity index (χ1) is 7.49. The summed E-state index contributed by atoms with van der Waals surface area (Å²) in [7, 11) is 1.81. The zero-order chi connectivity index (χ0) is 12.1. The van der Waals surface area contributed by atoms with Gasteiger partial charge in [-0.3, -0.25) is 10.00 Å². The zero-order valence-electron chi connectivity index (χ0n) is 9.82. The molecule has 0 saturated heterocycles. The van der Waals surface area contributed by atoms with Gasteiger partial charge in [-0.15, -0.1) is 0 Å². The summed E-state index contributed by atoms with van der Waals surface area (Å²) in [4.78, 5) is 11.4. The summed E-state index contributed by atoms with van der Waals surface area (Å²) < 4.78 is 1.69. The van der Waals surface area contributed by atoms with Gasteiger partial charge in [0.15, 0.2) is 5.82 Å². The van der Waals surface area contributed by atoms with Gasteiger partial charge in [0, 0.05) is 25.4 Å². The molecule has 6 heteroatoms. The van der Waals surface area contributed by atoms with Crippen molar-refractivity contribution in [2.24, 2.45) is 7.05 Å². The summed E-state index contributed by atoms with van der Waals surface area (Å²) in [6, 6.07) is 1.48. The number of aryl methyl sites for hydroxylation is 2. The van der Waals surface area contributed by atoms with Gasteiger partial charge >= 0.3 is 6.03 Å². The lowest BCUT2D eigenvalue weighted by Gasteiger charge is -2.06. The summed E-state index contributed by atoms with van der Waals surface area (Å²) in [6.07, 6.45) is 0.131. The Kier molecular flexibility index (Phi) is 4.30. The maximum absolute atomic E-state index is 11.4. The minimum atomic E-state index is -0.405. The van der Waals surface area contributed by atoms with Gasteiger partial charge in [0.2, 0.25) is 0 Å². The average molecular weight is 226 g/mol. The van der Waals surface area contributed by atoms with Crippen molar-refractivity contribution >= 4 is 11.8 Å². The van der Waals surface area contributed by atoms with Gasteiger partial charge in [0.05, 0.1) is 6.10 Å². The highest BCUT2D eigenvalue weighted by atomic mass is 16.3. The highest BCUT2D eigenvalue weighted by Gasteiger charge is 2.05. The van der Waals surface area contributed by atoms with Gasteiger partial charge in [-0.05, 0) is 20.3 Å². The summed E-state index contributed by atoms with van der Waals surface area (Å²) in [5.74, 6) is 0.523. The third kappa shape index (κ3) is 3.90. The molecule has 1 atom stereocenters. The Morgan fingerprint density at radius 1 is 1.69 bits per heavy atom. The summed E-state index contributed by atoms with van der Waals surface area (Å²) in [5.41, 5.74) is 0.972. The van der Waals surface area contributed by atoms with Crippen LogP contribution in [0.2, 0.25) is 0 Å². The Morgan fingerprint density at radius 2 is 2.38 bits per heavy atom. The molecule has 0 radical (unpaired) electrons. The number of carbonyl (C=O) groups is 1. The van der Waals surface area contributed by atoms with Crippen LogP contribution < -0.4 is 10.6 Å². The lowest BCUT2D eigenvalue weighted by Crippen LogP contribution is -2.31. The van der Waals surface area contributed by atoms with Crippen LogP contribution in [0, 0.1) is 6.92 Å². The Bertz CT molecular complexity index is 340. The highest BCUT2D eigenvalue weighted by molar-refractivity contribution is 5.88. The second-order valence-corrected chi connectivity index (χ2v) is 3.81. The van der Waals surface area contributed by atoms with E-state index in [0.717, 1.165) is 5.69 Å². The second kappa shape index (κ2) is 5.50. The van der Waals surface area contributed by atoms with Crippen LogP contribution in [0.3, 0.4) is 0 Å². The first-order valence-electron chi connectivity index (χ1n) is 5.22. The number of hydrogen-bond donors (Lipinski definition) is 3. The van der Waals surface area contributed by atoms with Gasteiger partial charge in [-0.2, -0.15) is 5.10 Å². The zero-order valence-corrected chi connectivity index (χ0v) is 9.82. The first kappa shape index (κ1) is 12.5. The molecule has 2 amide bonds. The van der Waals surface area contributed by atoms with Crippen molar-refractivity contribution in [3.8, 4) is 0 Å². The van der Waals surface area contributed by atoms with Crippen molar-refractivity contribution < 1.29 is 9.90 Å². The monoisotopic (exact) mass is 226 g/mol. The minimum absolute atomic E-state index is 0.307. The topological polar surface area (TPSA) is 79.2 Å². The van der Waals surface area contributed by atoms with E-state index in [1.165, 1.54) is 0 Å². The molecule has 0 spiro atoms. The van der Waals surface area contributed by atoms with Gasteiger partial charge in [0.25, 0.3) is 0 Å². The fourth-order valence-corrected chi connectivity index (χ4v) is 1.18. The molecule has 0 bridgehead atoms. The second-order valence-electron chi connectivity index (χ2n) is 3.81. The fraction of sp³-hybridized carbons (Fsp3) is 0.600. The number of anilines is 1. The van der Waals surface area contributed by atoms with Crippen molar-refractivity contribution in [1.29, 1.82) is 0 Å². The third-order valence-corrected chi connectivity index (χ3v) is 2.20. The van der Waals surface area contributed by atoms with Crippen LogP contribution in [0.4, 0.5) is 10.6 Å². The third-order valence-electron chi connectivity index (χ3n) is 2.20. The molecule has 0 aliphatic heterocycles. The molecule has 90 valence electrons. The van der Waals surface area contributed by atoms with Crippen molar-refractivity contribution in [3.05, 3.63) is 11.8 Å². The van der Waals surface area contributed by atoms with Crippen molar-refractivity contribution in [2.45, 2.75) is 26.4 Å². The van der Waals surface area contributed by atoms with Crippen LogP contribution in [0.1, 0.15) is 19.0 Å². The number of aliphatic hydroxyl groups excluding tert-OH is 1. The lowest BCUT2D eigenvalue weighted by atomic mass is 10.3. The van der Waals surface area contributed by atoms with Crippen LogP contribution in [-0.4, -0.2) is 33.6 Å². The van der Waals surface area contributed by atoms with E-state index in [1.807, 2.05) is 14.0 Å². The van der Waals surface area contributed by atoms with Gasteiger partial charge in [0.1, 0.15) is 0 Å². The van der Waals surface area contributed by atoms with Crippen LogP contribution in [0.25, 0.3) is 0 Å². The molecule has 0 aromatic carbocycles. The van der Waals surface area contributed by atoms with E-state index in [9.17, 15) is 4.79 Å². The Balaban J connectivity index is 2.34. The number of amides is 2. The maximum Gasteiger partial charge on any atom is 0.320 e. The Morgan fingerprint density at radius 3 is 2.88 bits per heavy atom. The molecule has 0 aliphatic rings. The SMILES string of the molecule is Cc1cc(NC(=O)NCCC(C)O)nn1C. The molecule has 0 fully saturated rings. The summed E-state index contributed by atoms with van der Waals surface area (Å²) in [5, 5.41) is 18.3. The standard InChI is InChI=1S/C10H18N4O2/c1-7-6-9(13-14(7)3)12-10(16)11-5-4-8(2)15/h6,8,15H,4-5H2,1-3H3,(H2,11,12,13,16). The van der Waals surface area contributed by atoms with Crippen molar-refractivity contribution in [1.82, 2.24) is 15.1 Å². The predicted molar refractivity (Wildman–Crippen MR) is 61.3 cm³/mol. The summed E-state index contributed by atoms with van der Waals surface area (Å²) >= 11 is 0. The average Bonchev–Trinajstić information content (AvgIpc) is 2.44. The number of urea groups is 1. The van der Waals surface area contributed by atoms with Crippen LogP contribution in [-0.2, 0) is 7.05 Å². The number of nitrogens with one attached hydrogen (secondary N) is 2. The molecule has 0 saturated carbocycles. The molecular formula is C10H18N4O2. The molecule has 1 rings (SSSR count). The molecule has 1 aromatic heterocycles. The fourth-order valence-electron chi connectivity index (χ4n) is 1.18. The molecule has 3 N–H and O–H groups in total. The van der Waals surface area contributed by atoms with E-state index < -0.39 is 6.10 Å². The van der Waals surface area contributed by atoms with Crippen molar-refractivity contribution in [3.63, 3.8) is 0 Å². The van der Waals surface area contributed by atoms with Gasteiger partial charge < -0.3 is 10.4 Å². The van der Waals surface area contributed by atoms with E-state index in [0.29, 0.717) is 18.8 Å². The number of carbonyl (C=O) groups excluding carboxylic acids is 1. The number of rotatable bonds is 4. The predicted octanol–water partition coefficient (Wildman–Crippen LogP) is 0.621. The maximum atomic E-state index is 11.4. The molecular weight excluding hydrogens is 208 g/mol. The quantitative estimate of drug-likeness (QED) is 0.704. The van der Waals surface area contributed by atoms with Crippen LogP contribution in [0.15, 0.2) is 6.07 Å². The smallest absolute Gasteiger partial charge is 0.320 e. The molecule has 1 unspecified atom stereocenters. The van der Waals surface area contributed by atoms with E-state index in [1.54, 1.807) is 17.7 Å². The Hall–Kier alpha value is -1.56. The van der Waals surface area contributed by atoms with E-state index in [4.69, 9.17) is 5.11 Å². The minimum Gasteiger partial charge on any atom is -0.393 e. The number of nitrogens with zero attached hydrogens (tertiary/aromatic N) is 2. The molecule has 16 heavy (non-hydrogen) atoms. The Labute approximate surface area is 94.6 Å². The first-order valence-corrected chi connectivity index (χ1v) is 5.22. The van der Waals surface area contributed by atoms with E-state index >= 15 is 0 Å².